The molecule has 2 amide bonds. The van der Waals surface area contributed by atoms with E-state index in [4.69, 9.17) is 0 Å². The maximum absolute atomic E-state index is 12.6. The number of piperidine rings is 1. The van der Waals surface area contributed by atoms with Crippen LogP contribution in [0.4, 0.5) is 5.69 Å². The lowest BCUT2D eigenvalue weighted by atomic mass is 10.0. The van der Waals surface area contributed by atoms with E-state index < -0.39 is 6.04 Å². The summed E-state index contributed by atoms with van der Waals surface area (Å²) >= 11 is 0. The van der Waals surface area contributed by atoms with Gasteiger partial charge in [0.15, 0.2) is 0 Å². The highest BCUT2D eigenvalue weighted by Gasteiger charge is 2.24. The van der Waals surface area contributed by atoms with Gasteiger partial charge in [0.05, 0.1) is 0 Å². The number of hydrogen-bond donors (Lipinski definition) is 2. The monoisotopic (exact) mass is 365 g/mol. The van der Waals surface area contributed by atoms with Gasteiger partial charge in [0.1, 0.15) is 6.04 Å². The van der Waals surface area contributed by atoms with Gasteiger partial charge >= 0.3 is 0 Å². The largest absolute Gasteiger partial charge is 0.372 e. The van der Waals surface area contributed by atoms with E-state index in [1.165, 1.54) is 5.69 Å². The Morgan fingerprint density at radius 1 is 1.11 bits per heavy atom. The minimum absolute atomic E-state index is 0.0993. The summed E-state index contributed by atoms with van der Waals surface area (Å²) in [5.74, 6) is -0.309. The number of carbonyl (C=O) groups excluding carboxylic acids is 2. The van der Waals surface area contributed by atoms with Gasteiger partial charge in [-0.3, -0.25) is 9.59 Å². The Balaban J connectivity index is 1.75. The van der Waals surface area contributed by atoms with Gasteiger partial charge < -0.3 is 15.5 Å². The first-order chi connectivity index (χ1) is 13.1. The Hall–Kier alpha value is -2.82. The zero-order valence-electron chi connectivity index (χ0n) is 16.0. The number of nitrogens with one attached hydrogen (secondary N) is 2. The molecule has 0 aliphatic carbocycles. The number of carbonyl (C=O) groups is 2. The Bertz CT molecular complexity index is 797. The molecule has 1 saturated heterocycles. The second kappa shape index (κ2) is 8.71. The van der Waals surface area contributed by atoms with Gasteiger partial charge in [0.25, 0.3) is 5.91 Å². The van der Waals surface area contributed by atoms with Crippen molar-refractivity contribution in [2.75, 3.05) is 24.5 Å². The number of anilines is 1. The van der Waals surface area contributed by atoms with Crippen molar-refractivity contribution in [1.82, 2.24) is 10.6 Å². The van der Waals surface area contributed by atoms with Crippen LogP contribution in [0, 0.1) is 0 Å². The van der Waals surface area contributed by atoms with Gasteiger partial charge in [0.2, 0.25) is 5.91 Å². The number of rotatable bonds is 6. The first-order valence-corrected chi connectivity index (χ1v) is 9.66. The summed E-state index contributed by atoms with van der Waals surface area (Å²) in [5.41, 5.74) is 3.82. The highest BCUT2D eigenvalue weighted by Crippen LogP contribution is 2.24. The minimum Gasteiger partial charge on any atom is -0.372 e. The van der Waals surface area contributed by atoms with Crippen molar-refractivity contribution in [3.05, 3.63) is 54.1 Å². The maximum Gasteiger partial charge on any atom is 0.251 e. The fraction of sp³-hybridized carbons (Fsp3) is 0.364. The third-order valence-corrected chi connectivity index (χ3v) is 5.04. The van der Waals surface area contributed by atoms with Crippen LogP contribution in [0.1, 0.15) is 37.0 Å². The molecule has 1 aliphatic rings. The fourth-order valence-corrected chi connectivity index (χ4v) is 3.44. The molecule has 0 saturated carbocycles. The van der Waals surface area contributed by atoms with E-state index in [0.29, 0.717) is 18.5 Å². The van der Waals surface area contributed by atoms with E-state index in [1.807, 2.05) is 18.2 Å². The van der Waals surface area contributed by atoms with Crippen molar-refractivity contribution < 1.29 is 9.59 Å². The molecule has 0 radical (unpaired) electrons. The summed E-state index contributed by atoms with van der Waals surface area (Å²) in [4.78, 5) is 26.7. The van der Waals surface area contributed by atoms with Crippen molar-refractivity contribution in [3.63, 3.8) is 0 Å². The summed E-state index contributed by atoms with van der Waals surface area (Å²) in [7, 11) is 0. The van der Waals surface area contributed by atoms with Crippen LogP contribution in [0.15, 0.2) is 48.5 Å². The molecule has 2 N–H and O–H groups in total. The quantitative estimate of drug-likeness (QED) is 0.826. The molecule has 2 aromatic carbocycles. The summed E-state index contributed by atoms with van der Waals surface area (Å²) in [6.07, 6.45) is 1.57. The topological polar surface area (TPSA) is 61.4 Å². The molecule has 3 rings (SSSR count). The summed E-state index contributed by atoms with van der Waals surface area (Å²) in [6, 6.07) is 15.5. The second-order valence-electron chi connectivity index (χ2n) is 6.76. The molecule has 1 heterocycles. The zero-order chi connectivity index (χ0) is 19.2. The van der Waals surface area contributed by atoms with Gasteiger partial charge in [-0.2, -0.15) is 0 Å². The van der Waals surface area contributed by atoms with Gasteiger partial charge in [-0.15, -0.1) is 0 Å². The third-order valence-electron chi connectivity index (χ3n) is 5.04. The molecule has 1 fully saturated rings. The van der Waals surface area contributed by atoms with E-state index in [1.54, 1.807) is 6.07 Å². The normalized spacial score (nSPS) is 16.5. The fourth-order valence-electron chi connectivity index (χ4n) is 3.44. The molecule has 1 unspecified atom stereocenters. The SMILES string of the molecule is CCN(CC)c1ccc(-c2cccc(C(=O)NC3CCCNC3=O)c2)cc1. The maximum atomic E-state index is 12.6. The summed E-state index contributed by atoms with van der Waals surface area (Å²) in [6.45, 7) is 6.92. The van der Waals surface area contributed by atoms with Gasteiger partial charge in [-0.25, -0.2) is 0 Å². The highest BCUT2D eigenvalue weighted by atomic mass is 16.2. The molecule has 142 valence electrons. The van der Waals surface area contributed by atoms with Crippen molar-refractivity contribution in [1.29, 1.82) is 0 Å². The lowest BCUT2D eigenvalue weighted by molar-refractivity contribution is -0.124. The van der Waals surface area contributed by atoms with E-state index in [9.17, 15) is 9.59 Å². The van der Waals surface area contributed by atoms with Crippen LogP contribution in [-0.4, -0.2) is 37.5 Å². The number of amides is 2. The Kier molecular flexibility index (Phi) is 6.12. The first-order valence-electron chi connectivity index (χ1n) is 9.66. The van der Waals surface area contributed by atoms with E-state index in [0.717, 1.165) is 30.6 Å². The van der Waals surface area contributed by atoms with Crippen LogP contribution < -0.4 is 15.5 Å². The molecule has 1 aliphatic heterocycles. The van der Waals surface area contributed by atoms with Crippen LogP contribution >= 0.6 is 0 Å². The van der Waals surface area contributed by atoms with Gasteiger partial charge in [-0.1, -0.05) is 24.3 Å². The first kappa shape index (κ1) is 19.0. The van der Waals surface area contributed by atoms with Crippen LogP contribution in [0.25, 0.3) is 11.1 Å². The molecule has 5 nitrogen and oxygen atoms in total. The molecule has 0 spiro atoms. The average molecular weight is 365 g/mol. The standard InChI is InChI=1S/C22H27N3O2/c1-3-25(4-2)19-12-10-16(11-13-19)17-7-5-8-18(15-17)21(26)24-20-9-6-14-23-22(20)27/h5,7-8,10-13,15,20H,3-4,6,9,14H2,1-2H3,(H,23,27)(H,24,26). The zero-order valence-corrected chi connectivity index (χ0v) is 16.0. The Morgan fingerprint density at radius 3 is 2.52 bits per heavy atom. The smallest absolute Gasteiger partial charge is 0.251 e. The van der Waals surface area contributed by atoms with E-state index in [2.05, 4.69) is 53.6 Å². The van der Waals surface area contributed by atoms with Gasteiger partial charge in [0, 0.05) is 30.9 Å². The number of hydrogen-bond acceptors (Lipinski definition) is 3. The minimum atomic E-state index is -0.441. The molecular weight excluding hydrogens is 338 g/mol. The highest BCUT2D eigenvalue weighted by molar-refractivity contribution is 5.98. The summed E-state index contributed by atoms with van der Waals surface area (Å²) < 4.78 is 0. The van der Waals surface area contributed by atoms with Crippen molar-refractivity contribution in [2.45, 2.75) is 32.7 Å². The van der Waals surface area contributed by atoms with Crippen molar-refractivity contribution in [2.24, 2.45) is 0 Å². The van der Waals surface area contributed by atoms with Crippen LogP contribution in [0.5, 0.6) is 0 Å². The van der Waals surface area contributed by atoms with Crippen LogP contribution in [0.2, 0.25) is 0 Å². The van der Waals surface area contributed by atoms with E-state index in [-0.39, 0.29) is 11.8 Å². The number of nitrogens with zero attached hydrogens (tertiary/aromatic N) is 1. The predicted octanol–water partition coefficient (Wildman–Crippen LogP) is 3.21. The van der Waals surface area contributed by atoms with Crippen LogP contribution in [0.3, 0.4) is 0 Å². The Morgan fingerprint density at radius 2 is 1.85 bits per heavy atom. The molecule has 0 bridgehead atoms. The second-order valence-corrected chi connectivity index (χ2v) is 6.76. The molecule has 1 atom stereocenters. The number of benzene rings is 2. The van der Waals surface area contributed by atoms with Crippen LogP contribution in [-0.2, 0) is 4.79 Å². The predicted molar refractivity (Wildman–Crippen MR) is 109 cm³/mol. The van der Waals surface area contributed by atoms with Gasteiger partial charge in [-0.05, 0) is 62.1 Å². The van der Waals surface area contributed by atoms with Crippen molar-refractivity contribution in [3.8, 4) is 11.1 Å². The lowest BCUT2D eigenvalue weighted by Gasteiger charge is -2.23. The molecule has 27 heavy (non-hydrogen) atoms. The lowest BCUT2D eigenvalue weighted by Crippen LogP contribution is -2.50. The molecule has 5 heteroatoms. The summed E-state index contributed by atoms with van der Waals surface area (Å²) in [5, 5.41) is 5.64. The Labute approximate surface area is 160 Å². The van der Waals surface area contributed by atoms with Crippen molar-refractivity contribution >= 4 is 17.5 Å². The molecule has 0 aromatic heterocycles. The molecular formula is C22H27N3O2. The average Bonchev–Trinajstić information content (AvgIpc) is 2.71. The third kappa shape index (κ3) is 4.48. The molecule has 2 aromatic rings. The van der Waals surface area contributed by atoms with E-state index >= 15 is 0 Å².